The second-order valence-electron chi connectivity index (χ2n) is 6.70. The zero-order valence-electron chi connectivity index (χ0n) is 13.7. The minimum Gasteiger partial charge on any atom is -0.327 e. The van der Waals surface area contributed by atoms with E-state index in [0.717, 1.165) is 17.9 Å². The Bertz CT molecular complexity index is 768. The summed E-state index contributed by atoms with van der Waals surface area (Å²) < 4.78 is 16.0. The van der Waals surface area contributed by atoms with Crippen molar-refractivity contribution in [3.63, 3.8) is 0 Å². The summed E-state index contributed by atoms with van der Waals surface area (Å²) in [7, 11) is 0. The normalized spacial score (nSPS) is 20.4. The predicted molar refractivity (Wildman–Crippen MR) is 89.6 cm³/mol. The minimum absolute atomic E-state index is 0.225. The molecule has 24 heavy (non-hydrogen) atoms. The molecule has 2 aliphatic rings. The fourth-order valence-corrected chi connectivity index (χ4v) is 3.48. The van der Waals surface area contributed by atoms with Crippen LogP contribution in [-0.4, -0.2) is 33.6 Å². The number of hydrogen-bond donors (Lipinski definition) is 1. The highest BCUT2D eigenvalue weighted by molar-refractivity contribution is 5.89. The van der Waals surface area contributed by atoms with E-state index in [-0.39, 0.29) is 17.8 Å². The number of urea groups is 1. The van der Waals surface area contributed by atoms with Crippen molar-refractivity contribution in [1.82, 2.24) is 14.5 Å². The van der Waals surface area contributed by atoms with Gasteiger partial charge in [0.05, 0.1) is 11.7 Å². The summed E-state index contributed by atoms with van der Waals surface area (Å²) in [6.07, 6.45) is 5.25. The first-order valence-corrected chi connectivity index (χ1v) is 8.47. The van der Waals surface area contributed by atoms with Crippen molar-refractivity contribution < 1.29 is 9.18 Å². The first kappa shape index (κ1) is 15.2. The number of likely N-dealkylation sites (tertiary alicyclic amines) is 1. The Morgan fingerprint density at radius 3 is 2.83 bits per heavy atom. The van der Waals surface area contributed by atoms with Gasteiger partial charge in [-0.2, -0.15) is 0 Å². The van der Waals surface area contributed by atoms with Crippen LogP contribution in [-0.2, 0) is 0 Å². The molecule has 1 saturated carbocycles. The van der Waals surface area contributed by atoms with Crippen LogP contribution in [0.3, 0.4) is 0 Å². The van der Waals surface area contributed by atoms with Crippen molar-refractivity contribution in [2.24, 2.45) is 0 Å². The molecule has 1 aromatic heterocycles. The number of aromatic nitrogens is 2. The number of aryl methyl sites for hydroxylation is 1. The molecule has 2 aromatic rings. The van der Waals surface area contributed by atoms with E-state index in [9.17, 15) is 9.18 Å². The first-order chi connectivity index (χ1) is 11.6. The van der Waals surface area contributed by atoms with Gasteiger partial charge in [0.1, 0.15) is 11.6 Å². The van der Waals surface area contributed by atoms with Crippen LogP contribution in [0.5, 0.6) is 0 Å². The van der Waals surface area contributed by atoms with Crippen molar-refractivity contribution in [1.29, 1.82) is 0 Å². The van der Waals surface area contributed by atoms with Crippen LogP contribution in [0.15, 0.2) is 30.5 Å². The third kappa shape index (κ3) is 2.77. The van der Waals surface area contributed by atoms with Crippen molar-refractivity contribution >= 4 is 11.7 Å². The standard InChI is InChI=1S/C18H21FN4O/c1-12-10-20-17(13-6-7-13)23(12)14-8-9-22(11-14)18(24)21-16-5-3-2-4-15(16)19/h2-5,10,13-14H,6-9,11H2,1H3,(H,21,24). The van der Waals surface area contributed by atoms with Crippen molar-refractivity contribution in [2.75, 3.05) is 18.4 Å². The number of nitrogens with zero attached hydrogens (tertiary/aromatic N) is 3. The first-order valence-electron chi connectivity index (χ1n) is 8.47. The second kappa shape index (κ2) is 5.92. The molecule has 6 heteroatoms. The van der Waals surface area contributed by atoms with Crippen LogP contribution in [0.1, 0.15) is 42.7 Å². The lowest BCUT2D eigenvalue weighted by Gasteiger charge is -2.20. The maximum atomic E-state index is 13.7. The van der Waals surface area contributed by atoms with E-state index in [2.05, 4.69) is 21.8 Å². The molecule has 1 aromatic carbocycles. The molecule has 1 aliphatic carbocycles. The Hall–Kier alpha value is -2.37. The molecule has 5 nitrogen and oxygen atoms in total. The molecule has 0 bridgehead atoms. The summed E-state index contributed by atoms with van der Waals surface area (Å²) in [5.74, 6) is 1.33. The van der Waals surface area contributed by atoms with E-state index in [1.165, 1.54) is 18.9 Å². The lowest BCUT2D eigenvalue weighted by molar-refractivity contribution is 0.220. The molecule has 126 valence electrons. The van der Waals surface area contributed by atoms with Gasteiger partial charge in [0, 0.05) is 30.9 Å². The Morgan fingerprint density at radius 1 is 1.29 bits per heavy atom. The molecular formula is C18H21FN4O. The molecular weight excluding hydrogens is 307 g/mol. The van der Waals surface area contributed by atoms with Crippen LogP contribution in [0.4, 0.5) is 14.9 Å². The number of carbonyl (C=O) groups is 1. The Labute approximate surface area is 140 Å². The van der Waals surface area contributed by atoms with Crippen molar-refractivity contribution in [3.8, 4) is 0 Å². The second-order valence-corrected chi connectivity index (χ2v) is 6.70. The number of benzene rings is 1. The zero-order valence-corrected chi connectivity index (χ0v) is 13.7. The van der Waals surface area contributed by atoms with Crippen molar-refractivity contribution in [2.45, 2.75) is 38.1 Å². The Balaban J connectivity index is 1.46. The number of para-hydroxylation sites is 1. The van der Waals surface area contributed by atoms with Crippen LogP contribution >= 0.6 is 0 Å². The molecule has 4 rings (SSSR count). The van der Waals surface area contributed by atoms with E-state index in [4.69, 9.17) is 0 Å². The SMILES string of the molecule is Cc1cnc(C2CC2)n1C1CCN(C(=O)Nc2ccccc2F)C1. The van der Waals surface area contributed by atoms with Gasteiger partial charge < -0.3 is 14.8 Å². The zero-order chi connectivity index (χ0) is 16.7. The number of halogens is 1. The largest absolute Gasteiger partial charge is 0.327 e. The van der Waals surface area contributed by atoms with Crippen LogP contribution in [0.25, 0.3) is 0 Å². The van der Waals surface area contributed by atoms with Gasteiger partial charge in [-0.1, -0.05) is 12.1 Å². The molecule has 1 atom stereocenters. The van der Waals surface area contributed by atoms with Gasteiger partial charge in [-0.05, 0) is 38.3 Å². The summed E-state index contributed by atoms with van der Waals surface area (Å²) in [5.41, 5.74) is 1.38. The van der Waals surface area contributed by atoms with Gasteiger partial charge >= 0.3 is 6.03 Å². The summed E-state index contributed by atoms with van der Waals surface area (Å²) >= 11 is 0. The summed E-state index contributed by atoms with van der Waals surface area (Å²) in [6, 6.07) is 6.26. The maximum Gasteiger partial charge on any atom is 0.321 e. The number of imidazole rings is 1. The number of nitrogens with one attached hydrogen (secondary N) is 1. The topological polar surface area (TPSA) is 50.2 Å². The summed E-state index contributed by atoms with van der Waals surface area (Å²) in [4.78, 5) is 18.7. The van der Waals surface area contributed by atoms with Gasteiger partial charge in [-0.15, -0.1) is 0 Å². The van der Waals surface area contributed by atoms with Gasteiger partial charge in [0.2, 0.25) is 0 Å². The number of carbonyl (C=O) groups excluding carboxylic acids is 1. The van der Waals surface area contributed by atoms with Crippen molar-refractivity contribution in [3.05, 3.63) is 47.8 Å². The van der Waals surface area contributed by atoms with Gasteiger partial charge in [-0.3, -0.25) is 0 Å². The summed E-state index contributed by atoms with van der Waals surface area (Å²) in [6.45, 7) is 3.38. The van der Waals surface area contributed by atoms with E-state index in [1.54, 1.807) is 23.1 Å². The molecule has 1 aliphatic heterocycles. The Morgan fingerprint density at radius 2 is 2.08 bits per heavy atom. The molecule has 1 N–H and O–H groups in total. The molecule has 1 saturated heterocycles. The number of hydrogen-bond acceptors (Lipinski definition) is 2. The predicted octanol–water partition coefficient (Wildman–Crippen LogP) is 3.69. The van der Waals surface area contributed by atoms with Gasteiger partial charge in [-0.25, -0.2) is 14.2 Å². The molecule has 1 unspecified atom stereocenters. The third-order valence-corrected chi connectivity index (χ3v) is 4.88. The van der Waals surface area contributed by atoms with Crippen LogP contribution < -0.4 is 5.32 Å². The molecule has 0 spiro atoms. The lowest BCUT2D eigenvalue weighted by atomic mass is 10.2. The molecule has 2 fully saturated rings. The average molecular weight is 328 g/mol. The molecule has 2 heterocycles. The quantitative estimate of drug-likeness (QED) is 0.934. The smallest absolute Gasteiger partial charge is 0.321 e. The maximum absolute atomic E-state index is 13.7. The van der Waals surface area contributed by atoms with E-state index >= 15 is 0 Å². The molecule has 0 radical (unpaired) electrons. The average Bonchev–Trinajstić information content (AvgIpc) is 3.17. The fraction of sp³-hybridized carbons (Fsp3) is 0.444. The van der Waals surface area contributed by atoms with E-state index in [1.807, 2.05) is 6.20 Å². The van der Waals surface area contributed by atoms with Crippen LogP contribution in [0.2, 0.25) is 0 Å². The highest BCUT2D eigenvalue weighted by Crippen LogP contribution is 2.41. The number of anilines is 1. The van der Waals surface area contributed by atoms with E-state index in [0.29, 0.717) is 19.0 Å². The highest BCUT2D eigenvalue weighted by Gasteiger charge is 2.34. The monoisotopic (exact) mass is 328 g/mol. The lowest BCUT2D eigenvalue weighted by Crippen LogP contribution is -2.33. The molecule has 2 amide bonds. The third-order valence-electron chi connectivity index (χ3n) is 4.88. The van der Waals surface area contributed by atoms with Gasteiger partial charge in [0.15, 0.2) is 0 Å². The van der Waals surface area contributed by atoms with Gasteiger partial charge in [0.25, 0.3) is 0 Å². The number of rotatable bonds is 3. The highest BCUT2D eigenvalue weighted by atomic mass is 19.1. The van der Waals surface area contributed by atoms with E-state index < -0.39 is 5.82 Å². The number of amides is 2. The fourth-order valence-electron chi connectivity index (χ4n) is 3.48. The minimum atomic E-state index is -0.414. The van der Waals surface area contributed by atoms with Crippen LogP contribution in [0, 0.1) is 12.7 Å². The Kier molecular flexibility index (Phi) is 3.75. The summed E-state index contributed by atoms with van der Waals surface area (Å²) in [5, 5.41) is 2.67.